The van der Waals surface area contributed by atoms with Crippen molar-refractivity contribution in [1.29, 1.82) is 0 Å². The number of para-hydroxylation sites is 1. The second kappa shape index (κ2) is 8.88. The largest absolute Gasteiger partial charge is 0.483 e. The zero-order chi connectivity index (χ0) is 20.8. The van der Waals surface area contributed by atoms with Gasteiger partial charge in [-0.25, -0.2) is 15.0 Å². The van der Waals surface area contributed by atoms with E-state index in [9.17, 15) is 4.79 Å². The molecule has 4 rings (SSSR count). The fourth-order valence-electron chi connectivity index (χ4n) is 3.10. The third-order valence-corrected chi connectivity index (χ3v) is 4.49. The first kappa shape index (κ1) is 19.2. The maximum absolute atomic E-state index is 12.5. The molecule has 0 fully saturated rings. The van der Waals surface area contributed by atoms with Gasteiger partial charge in [0.05, 0.1) is 12.9 Å². The first-order valence-electron chi connectivity index (χ1n) is 9.38. The molecule has 0 atom stereocenters. The van der Waals surface area contributed by atoms with Gasteiger partial charge in [0.25, 0.3) is 5.91 Å². The molecular weight excluding hydrogens is 378 g/mol. The molecule has 148 valence electrons. The summed E-state index contributed by atoms with van der Waals surface area (Å²) in [5.74, 6) is 3.19. The van der Waals surface area contributed by atoms with Crippen molar-refractivity contribution in [2.75, 3.05) is 11.9 Å². The van der Waals surface area contributed by atoms with E-state index in [0.29, 0.717) is 29.3 Å². The highest BCUT2D eigenvalue weighted by Crippen LogP contribution is 2.22. The molecule has 30 heavy (non-hydrogen) atoms. The number of hydrogen-bond acceptors (Lipinski definition) is 5. The molecule has 0 aliphatic heterocycles. The van der Waals surface area contributed by atoms with Crippen LogP contribution in [0.4, 0.5) is 5.82 Å². The Morgan fingerprint density at radius 3 is 2.70 bits per heavy atom. The van der Waals surface area contributed by atoms with Crippen LogP contribution >= 0.6 is 0 Å². The number of benzene rings is 2. The summed E-state index contributed by atoms with van der Waals surface area (Å²) in [6, 6.07) is 17.8. The summed E-state index contributed by atoms with van der Waals surface area (Å²) in [5.41, 5.74) is 3.22. The van der Waals surface area contributed by atoms with Crippen molar-refractivity contribution < 1.29 is 9.53 Å². The molecular formula is C23H19N5O2. The van der Waals surface area contributed by atoms with Crippen molar-refractivity contribution in [2.45, 2.75) is 13.0 Å². The van der Waals surface area contributed by atoms with Crippen molar-refractivity contribution in [2.24, 2.45) is 0 Å². The molecule has 0 aliphatic carbocycles. The van der Waals surface area contributed by atoms with Gasteiger partial charge in [-0.2, -0.15) is 0 Å². The molecule has 2 aromatic carbocycles. The first-order valence-corrected chi connectivity index (χ1v) is 9.38. The molecule has 7 nitrogen and oxygen atoms in total. The van der Waals surface area contributed by atoms with Gasteiger partial charge in [-0.05, 0) is 17.2 Å². The number of imidazole rings is 1. The number of nitrogens with zero attached hydrogens (tertiary/aromatic N) is 4. The summed E-state index contributed by atoms with van der Waals surface area (Å²) in [5, 5.41) is 2.74. The Labute approximate surface area is 173 Å². The van der Waals surface area contributed by atoms with Crippen LogP contribution in [-0.2, 0) is 17.8 Å². The third-order valence-electron chi connectivity index (χ3n) is 4.49. The van der Waals surface area contributed by atoms with Crippen molar-refractivity contribution in [3.05, 3.63) is 78.4 Å². The number of ether oxygens (including phenoxy) is 1. The lowest BCUT2D eigenvalue weighted by Gasteiger charge is -2.11. The molecule has 4 aromatic rings. The summed E-state index contributed by atoms with van der Waals surface area (Å²) < 4.78 is 7.50. The number of anilines is 1. The second-order valence-electron chi connectivity index (χ2n) is 6.58. The molecule has 2 heterocycles. The Balaban J connectivity index is 1.44. The summed E-state index contributed by atoms with van der Waals surface area (Å²) >= 11 is 0. The Morgan fingerprint density at radius 2 is 1.87 bits per heavy atom. The van der Waals surface area contributed by atoms with E-state index in [1.807, 2.05) is 42.5 Å². The van der Waals surface area contributed by atoms with Crippen LogP contribution in [0.1, 0.15) is 11.1 Å². The van der Waals surface area contributed by atoms with Gasteiger partial charge in [0.1, 0.15) is 12.1 Å². The summed E-state index contributed by atoms with van der Waals surface area (Å²) in [6.07, 6.45) is 9.02. The average molecular weight is 397 g/mol. The number of amides is 1. The SMILES string of the molecule is C#CCn1cnc2c(NC(=O)COc3ccccc3Cc3ccccc3)ncnc21. The maximum Gasteiger partial charge on any atom is 0.263 e. The van der Waals surface area contributed by atoms with Crippen LogP contribution in [0.5, 0.6) is 5.75 Å². The van der Waals surface area contributed by atoms with Crippen LogP contribution < -0.4 is 10.1 Å². The van der Waals surface area contributed by atoms with Crippen molar-refractivity contribution in [1.82, 2.24) is 19.5 Å². The number of rotatable bonds is 7. The predicted molar refractivity (Wildman–Crippen MR) is 114 cm³/mol. The van der Waals surface area contributed by atoms with Gasteiger partial charge in [-0.1, -0.05) is 54.5 Å². The van der Waals surface area contributed by atoms with Crippen LogP contribution in [0.25, 0.3) is 11.2 Å². The lowest BCUT2D eigenvalue weighted by atomic mass is 10.0. The van der Waals surface area contributed by atoms with Gasteiger partial charge >= 0.3 is 0 Å². The van der Waals surface area contributed by atoms with Crippen LogP contribution in [-0.4, -0.2) is 32.0 Å². The van der Waals surface area contributed by atoms with Crippen molar-refractivity contribution in [3.63, 3.8) is 0 Å². The van der Waals surface area contributed by atoms with E-state index >= 15 is 0 Å². The molecule has 0 aliphatic rings. The Kier molecular flexibility index (Phi) is 5.67. The fraction of sp³-hybridized carbons (Fsp3) is 0.130. The minimum Gasteiger partial charge on any atom is -0.483 e. The fourth-order valence-corrected chi connectivity index (χ4v) is 3.10. The molecule has 0 bridgehead atoms. The second-order valence-corrected chi connectivity index (χ2v) is 6.58. The van der Waals surface area contributed by atoms with E-state index < -0.39 is 0 Å². The summed E-state index contributed by atoms with van der Waals surface area (Å²) in [6.45, 7) is 0.185. The Bertz CT molecular complexity index is 1210. The molecule has 0 radical (unpaired) electrons. The van der Waals surface area contributed by atoms with E-state index in [-0.39, 0.29) is 12.5 Å². The molecule has 1 N–H and O–H groups in total. The smallest absolute Gasteiger partial charge is 0.263 e. The minimum atomic E-state index is -0.337. The number of carbonyl (C=O) groups is 1. The average Bonchev–Trinajstić information content (AvgIpc) is 3.18. The molecule has 0 saturated carbocycles. The molecule has 2 aromatic heterocycles. The van der Waals surface area contributed by atoms with Crippen molar-refractivity contribution in [3.8, 4) is 18.1 Å². The van der Waals surface area contributed by atoms with Gasteiger partial charge in [-0.15, -0.1) is 6.42 Å². The van der Waals surface area contributed by atoms with Crippen LogP contribution in [0, 0.1) is 12.3 Å². The first-order chi connectivity index (χ1) is 14.7. The van der Waals surface area contributed by atoms with E-state index in [1.165, 1.54) is 11.9 Å². The summed E-state index contributed by atoms with van der Waals surface area (Å²) in [4.78, 5) is 25.0. The molecule has 0 spiro atoms. The van der Waals surface area contributed by atoms with Crippen molar-refractivity contribution >= 4 is 22.9 Å². The number of hydrogen-bond donors (Lipinski definition) is 1. The van der Waals surface area contributed by atoms with Gasteiger partial charge in [0.2, 0.25) is 0 Å². The van der Waals surface area contributed by atoms with Gasteiger partial charge in [0.15, 0.2) is 23.6 Å². The van der Waals surface area contributed by atoms with Gasteiger partial charge in [-0.3, -0.25) is 4.79 Å². The van der Waals surface area contributed by atoms with Gasteiger partial charge in [0, 0.05) is 6.42 Å². The quantitative estimate of drug-likeness (QED) is 0.485. The highest BCUT2D eigenvalue weighted by Gasteiger charge is 2.13. The molecule has 0 unspecified atom stereocenters. The van der Waals surface area contributed by atoms with Crippen LogP contribution in [0.3, 0.4) is 0 Å². The van der Waals surface area contributed by atoms with Gasteiger partial charge < -0.3 is 14.6 Å². The van der Waals surface area contributed by atoms with E-state index in [4.69, 9.17) is 11.2 Å². The molecule has 7 heteroatoms. The van der Waals surface area contributed by atoms with Crippen LogP contribution in [0.2, 0.25) is 0 Å². The van der Waals surface area contributed by atoms with E-state index in [0.717, 1.165) is 12.0 Å². The zero-order valence-electron chi connectivity index (χ0n) is 16.2. The highest BCUT2D eigenvalue weighted by atomic mass is 16.5. The number of fused-ring (bicyclic) bond motifs is 1. The number of terminal acetylenes is 1. The summed E-state index contributed by atoms with van der Waals surface area (Å²) in [7, 11) is 0. The van der Waals surface area contributed by atoms with E-state index in [1.54, 1.807) is 10.9 Å². The lowest BCUT2D eigenvalue weighted by Crippen LogP contribution is -2.21. The van der Waals surface area contributed by atoms with Crippen LogP contribution in [0.15, 0.2) is 67.3 Å². The lowest BCUT2D eigenvalue weighted by molar-refractivity contribution is -0.118. The topological polar surface area (TPSA) is 81.9 Å². The Hall–Kier alpha value is -4.18. The molecule has 0 saturated heterocycles. The number of nitrogens with one attached hydrogen (secondary N) is 1. The maximum atomic E-state index is 12.5. The highest BCUT2D eigenvalue weighted by molar-refractivity contribution is 5.97. The molecule has 1 amide bonds. The monoisotopic (exact) mass is 397 g/mol. The normalized spacial score (nSPS) is 10.5. The predicted octanol–water partition coefficient (Wildman–Crippen LogP) is 3.07. The Morgan fingerprint density at radius 1 is 1.07 bits per heavy atom. The number of aromatic nitrogens is 4. The minimum absolute atomic E-state index is 0.150. The third kappa shape index (κ3) is 4.28. The standard InChI is InChI=1S/C23H19N5O2/c1-2-12-28-16-26-21-22(24-15-25-23(21)28)27-20(29)14-30-19-11-7-6-10-18(19)13-17-8-4-3-5-9-17/h1,3-11,15-16H,12-14H2,(H,24,25,27,29). The zero-order valence-corrected chi connectivity index (χ0v) is 16.2. The van der Waals surface area contributed by atoms with E-state index in [2.05, 4.69) is 38.3 Å². The number of carbonyl (C=O) groups excluding carboxylic acids is 1.